The summed E-state index contributed by atoms with van der Waals surface area (Å²) in [4.78, 5) is 0.534. The first-order chi connectivity index (χ1) is 9.84. The second-order valence-electron chi connectivity index (χ2n) is 6.39. The molecule has 1 fully saturated rings. The summed E-state index contributed by atoms with van der Waals surface area (Å²) in [5, 5.41) is 0. The van der Waals surface area contributed by atoms with Crippen molar-refractivity contribution in [1.82, 2.24) is 4.31 Å². The lowest BCUT2D eigenvalue weighted by Crippen LogP contribution is -2.42. The molecule has 1 saturated heterocycles. The summed E-state index contributed by atoms with van der Waals surface area (Å²) in [6, 6.07) is 2.27. The van der Waals surface area contributed by atoms with E-state index in [0.29, 0.717) is 4.90 Å². The van der Waals surface area contributed by atoms with Crippen LogP contribution in [0.2, 0.25) is 0 Å². The molecule has 1 aromatic rings. The molecular weight excluding hydrogens is 282 g/mol. The van der Waals surface area contributed by atoms with Gasteiger partial charge in [0.2, 0.25) is 10.0 Å². The molecule has 0 saturated carbocycles. The van der Waals surface area contributed by atoms with Crippen molar-refractivity contribution in [1.29, 1.82) is 0 Å². The standard InChI is InChI=1S/C17H23NO2S/c1-11-10-12(2)14(4)17(13(11)3)21(19,20)18-15-6-5-7-16(18)9-8-15/h5-6,10,15-16H,7-9H2,1-4H3. The molecule has 2 aliphatic heterocycles. The summed E-state index contributed by atoms with van der Waals surface area (Å²) in [6.45, 7) is 7.84. The predicted molar refractivity (Wildman–Crippen MR) is 85.0 cm³/mol. The van der Waals surface area contributed by atoms with Crippen molar-refractivity contribution in [3.05, 3.63) is 40.5 Å². The predicted octanol–water partition coefficient (Wildman–Crippen LogP) is 3.40. The van der Waals surface area contributed by atoms with E-state index in [2.05, 4.69) is 18.2 Å². The summed E-state index contributed by atoms with van der Waals surface area (Å²) in [5.74, 6) is 0. The molecule has 0 amide bonds. The molecule has 0 N–H and O–H groups in total. The number of hydrogen-bond acceptors (Lipinski definition) is 2. The molecule has 3 nitrogen and oxygen atoms in total. The summed E-state index contributed by atoms with van der Waals surface area (Å²) in [7, 11) is -3.42. The summed E-state index contributed by atoms with van der Waals surface area (Å²) in [6.07, 6.45) is 6.96. The van der Waals surface area contributed by atoms with Crippen LogP contribution in [-0.2, 0) is 10.0 Å². The maximum atomic E-state index is 13.3. The Hall–Kier alpha value is -1.13. The normalized spacial score (nSPS) is 25.5. The minimum atomic E-state index is -3.42. The third-order valence-electron chi connectivity index (χ3n) is 5.08. The van der Waals surface area contributed by atoms with Crippen LogP contribution in [0.4, 0.5) is 0 Å². The summed E-state index contributed by atoms with van der Waals surface area (Å²) in [5.41, 5.74) is 3.90. The lowest BCUT2D eigenvalue weighted by molar-refractivity contribution is 0.340. The zero-order valence-corrected chi connectivity index (χ0v) is 14.0. The van der Waals surface area contributed by atoms with Crippen LogP contribution >= 0.6 is 0 Å². The molecule has 21 heavy (non-hydrogen) atoms. The van der Waals surface area contributed by atoms with E-state index in [4.69, 9.17) is 0 Å². The van der Waals surface area contributed by atoms with Gasteiger partial charge in [0, 0.05) is 12.1 Å². The van der Waals surface area contributed by atoms with E-state index in [1.165, 1.54) is 0 Å². The molecule has 0 radical (unpaired) electrons. The monoisotopic (exact) mass is 305 g/mol. The maximum absolute atomic E-state index is 13.3. The molecule has 2 bridgehead atoms. The van der Waals surface area contributed by atoms with Crippen LogP contribution in [-0.4, -0.2) is 24.8 Å². The Labute approximate surface area is 127 Å². The summed E-state index contributed by atoms with van der Waals surface area (Å²) >= 11 is 0. The zero-order chi connectivity index (χ0) is 15.4. The summed E-state index contributed by atoms with van der Waals surface area (Å²) < 4.78 is 28.3. The van der Waals surface area contributed by atoms with Crippen LogP contribution in [0.5, 0.6) is 0 Å². The molecule has 2 aliphatic rings. The van der Waals surface area contributed by atoms with Gasteiger partial charge >= 0.3 is 0 Å². The first-order valence-corrected chi connectivity index (χ1v) is 9.05. The molecule has 0 aromatic heterocycles. The largest absolute Gasteiger partial charge is 0.244 e. The SMILES string of the molecule is Cc1cc(C)c(C)c(S(=O)(=O)N2C3C=CCC2CC3)c1C. The van der Waals surface area contributed by atoms with Crippen LogP contribution in [0.25, 0.3) is 0 Å². The number of fused-ring (bicyclic) bond motifs is 2. The third-order valence-corrected chi connectivity index (χ3v) is 7.33. The van der Waals surface area contributed by atoms with Gasteiger partial charge in [0.05, 0.1) is 4.90 Å². The first kappa shape index (κ1) is 14.8. The van der Waals surface area contributed by atoms with Crippen LogP contribution < -0.4 is 0 Å². The van der Waals surface area contributed by atoms with E-state index in [9.17, 15) is 8.42 Å². The van der Waals surface area contributed by atoms with Crippen molar-refractivity contribution >= 4 is 10.0 Å². The fraction of sp³-hybridized carbons (Fsp3) is 0.529. The molecule has 1 aromatic carbocycles. The average molecular weight is 305 g/mol. The lowest BCUT2D eigenvalue weighted by atomic mass is 10.0. The highest BCUT2D eigenvalue weighted by Gasteiger charge is 2.43. The Balaban J connectivity index is 2.19. The van der Waals surface area contributed by atoms with E-state index >= 15 is 0 Å². The highest BCUT2D eigenvalue weighted by atomic mass is 32.2. The first-order valence-electron chi connectivity index (χ1n) is 7.61. The average Bonchev–Trinajstić information content (AvgIpc) is 2.68. The Morgan fingerprint density at radius 3 is 2.24 bits per heavy atom. The topological polar surface area (TPSA) is 37.4 Å². The molecule has 0 aliphatic carbocycles. The number of rotatable bonds is 2. The molecular formula is C17H23NO2S. The minimum absolute atomic E-state index is 0.0494. The van der Waals surface area contributed by atoms with Gasteiger partial charge in [0.1, 0.15) is 0 Å². The number of hydrogen-bond donors (Lipinski definition) is 0. The zero-order valence-electron chi connectivity index (χ0n) is 13.2. The van der Waals surface area contributed by atoms with Crippen molar-refractivity contribution in [2.75, 3.05) is 0 Å². The molecule has 114 valence electrons. The Kier molecular flexibility index (Phi) is 3.49. The third kappa shape index (κ3) is 2.16. The van der Waals surface area contributed by atoms with Gasteiger partial charge in [-0.1, -0.05) is 18.2 Å². The number of benzene rings is 1. The molecule has 2 heterocycles. The highest BCUT2D eigenvalue weighted by molar-refractivity contribution is 7.89. The van der Waals surface area contributed by atoms with Crippen molar-refractivity contribution in [2.24, 2.45) is 0 Å². The molecule has 2 unspecified atom stereocenters. The van der Waals surface area contributed by atoms with Gasteiger partial charge in [-0.3, -0.25) is 0 Å². The van der Waals surface area contributed by atoms with Gasteiger partial charge in [-0.25, -0.2) is 8.42 Å². The smallest absolute Gasteiger partial charge is 0.207 e. The minimum Gasteiger partial charge on any atom is -0.207 e. The highest BCUT2D eigenvalue weighted by Crippen LogP contribution is 2.39. The van der Waals surface area contributed by atoms with Crippen molar-refractivity contribution in [3.63, 3.8) is 0 Å². The van der Waals surface area contributed by atoms with Crippen molar-refractivity contribution in [2.45, 2.75) is 63.9 Å². The van der Waals surface area contributed by atoms with E-state index in [1.54, 1.807) is 4.31 Å². The molecule has 0 spiro atoms. The Morgan fingerprint density at radius 2 is 1.67 bits per heavy atom. The van der Waals surface area contributed by atoms with Crippen LogP contribution in [0, 0.1) is 27.7 Å². The second kappa shape index (κ2) is 4.96. The fourth-order valence-electron chi connectivity index (χ4n) is 3.73. The molecule has 3 rings (SSSR count). The van der Waals surface area contributed by atoms with Crippen LogP contribution in [0.15, 0.2) is 23.1 Å². The van der Waals surface area contributed by atoms with Gasteiger partial charge in [-0.15, -0.1) is 0 Å². The van der Waals surface area contributed by atoms with Crippen molar-refractivity contribution < 1.29 is 8.42 Å². The number of sulfonamides is 1. The van der Waals surface area contributed by atoms with E-state index < -0.39 is 10.0 Å². The van der Waals surface area contributed by atoms with Gasteiger partial charge in [0.15, 0.2) is 0 Å². The van der Waals surface area contributed by atoms with Gasteiger partial charge in [0.25, 0.3) is 0 Å². The van der Waals surface area contributed by atoms with E-state index in [0.717, 1.165) is 41.5 Å². The second-order valence-corrected chi connectivity index (χ2v) is 8.17. The van der Waals surface area contributed by atoms with E-state index in [1.807, 2.05) is 27.7 Å². The number of nitrogens with zero attached hydrogens (tertiary/aromatic N) is 1. The van der Waals surface area contributed by atoms with Gasteiger partial charge < -0.3 is 0 Å². The van der Waals surface area contributed by atoms with Crippen LogP contribution in [0.3, 0.4) is 0 Å². The molecule has 4 heteroatoms. The lowest BCUT2D eigenvalue weighted by Gasteiger charge is -2.32. The Bertz CT molecular complexity index is 693. The molecule has 2 atom stereocenters. The van der Waals surface area contributed by atoms with Gasteiger partial charge in [-0.05, 0) is 69.2 Å². The number of aryl methyl sites for hydroxylation is 2. The van der Waals surface area contributed by atoms with E-state index in [-0.39, 0.29) is 12.1 Å². The van der Waals surface area contributed by atoms with Gasteiger partial charge in [-0.2, -0.15) is 4.31 Å². The quantitative estimate of drug-likeness (QED) is 0.785. The maximum Gasteiger partial charge on any atom is 0.244 e. The Morgan fingerprint density at radius 1 is 1.05 bits per heavy atom. The van der Waals surface area contributed by atoms with Crippen LogP contribution in [0.1, 0.15) is 41.5 Å². The van der Waals surface area contributed by atoms with Crippen molar-refractivity contribution in [3.8, 4) is 0 Å². The fourth-order valence-corrected chi connectivity index (χ4v) is 6.15.